The number of carbonyl (C=O) groups is 1. The first-order chi connectivity index (χ1) is 7.92. The zero-order valence-corrected chi connectivity index (χ0v) is 10.8. The Balaban J connectivity index is 2.71. The minimum atomic E-state index is -0.489. The van der Waals surface area contributed by atoms with Crippen molar-refractivity contribution in [2.75, 3.05) is 17.2 Å². The molecule has 1 amide bonds. The molecule has 0 radical (unpaired) electrons. The van der Waals surface area contributed by atoms with Gasteiger partial charge in [0.2, 0.25) is 0 Å². The van der Waals surface area contributed by atoms with Crippen LogP contribution in [0.15, 0.2) is 24.3 Å². The van der Waals surface area contributed by atoms with Gasteiger partial charge in [-0.1, -0.05) is 12.1 Å². The van der Waals surface area contributed by atoms with Crippen molar-refractivity contribution in [3.63, 3.8) is 0 Å². The maximum Gasteiger partial charge on any atom is 0.412 e. The van der Waals surface area contributed by atoms with E-state index in [0.717, 1.165) is 17.9 Å². The number of hydrogen-bond donors (Lipinski definition) is 2. The Hall–Kier alpha value is -1.71. The molecule has 0 aliphatic rings. The molecule has 94 valence electrons. The van der Waals surface area contributed by atoms with E-state index < -0.39 is 11.7 Å². The Kier molecular flexibility index (Phi) is 4.37. The zero-order chi connectivity index (χ0) is 12.9. The summed E-state index contributed by atoms with van der Waals surface area (Å²) in [6, 6.07) is 7.53. The molecule has 0 atom stereocenters. The summed E-state index contributed by atoms with van der Waals surface area (Å²) in [5.41, 5.74) is 1.13. The topological polar surface area (TPSA) is 50.4 Å². The van der Waals surface area contributed by atoms with Crippen molar-refractivity contribution in [3.05, 3.63) is 24.3 Å². The summed E-state index contributed by atoms with van der Waals surface area (Å²) in [5.74, 6) is 0. The van der Waals surface area contributed by atoms with Gasteiger partial charge in [-0.25, -0.2) is 4.79 Å². The van der Waals surface area contributed by atoms with Crippen molar-refractivity contribution in [2.45, 2.75) is 33.3 Å². The third-order valence-electron chi connectivity index (χ3n) is 1.93. The Morgan fingerprint density at radius 3 is 2.35 bits per heavy atom. The van der Waals surface area contributed by atoms with Crippen molar-refractivity contribution in [3.8, 4) is 0 Å². The normalized spacial score (nSPS) is 10.8. The number of anilines is 2. The van der Waals surface area contributed by atoms with E-state index in [9.17, 15) is 4.79 Å². The van der Waals surface area contributed by atoms with Crippen LogP contribution in [0.1, 0.15) is 27.7 Å². The predicted molar refractivity (Wildman–Crippen MR) is 70.5 cm³/mol. The molecular weight excluding hydrogens is 216 g/mol. The lowest BCUT2D eigenvalue weighted by Crippen LogP contribution is -2.27. The molecule has 0 fully saturated rings. The molecular formula is C13H20N2O2. The quantitative estimate of drug-likeness (QED) is 0.845. The maximum atomic E-state index is 11.6. The molecule has 0 unspecified atom stereocenters. The van der Waals surface area contributed by atoms with E-state index in [2.05, 4.69) is 10.6 Å². The van der Waals surface area contributed by atoms with Gasteiger partial charge >= 0.3 is 6.09 Å². The van der Waals surface area contributed by atoms with Gasteiger partial charge in [-0.2, -0.15) is 0 Å². The number of nitrogens with one attached hydrogen (secondary N) is 2. The number of benzene rings is 1. The van der Waals surface area contributed by atoms with Gasteiger partial charge in [0.25, 0.3) is 0 Å². The summed E-state index contributed by atoms with van der Waals surface area (Å²) in [7, 11) is 0. The fraction of sp³-hybridized carbons (Fsp3) is 0.462. The van der Waals surface area contributed by atoms with E-state index in [0.29, 0.717) is 0 Å². The summed E-state index contributed by atoms with van der Waals surface area (Å²) >= 11 is 0. The summed E-state index contributed by atoms with van der Waals surface area (Å²) in [4.78, 5) is 11.6. The minimum absolute atomic E-state index is 0.442. The van der Waals surface area contributed by atoms with Crippen LogP contribution in [0.25, 0.3) is 0 Å². The summed E-state index contributed by atoms with van der Waals surface area (Å²) in [6.45, 7) is 8.31. The van der Waals surface area contributed by atoms with Gasteiger partial charge < -0.3 is 10.1 Å². The zero-order valence-electron chi connectivity index (χ0n) is 10.8. The molecule has 0 spiro atoms. The molecule has 0 heterocycles. The molecule has 0 saturated heterocycles. The number of amides is 1. The van der Waals surface area contributed by atoms with Crippen LogP contribution >= 0.6 is 0 Å². The molecule has 0 saturated carbocycles. The standard InChI is InChI=1S/C13H20N2O2/c1-5-14-10-8-6-7-9-11(10)15-12(16)17-13(2,3)4/h6-9,14H,5H2,1-4H3,(H,15,16). The van der Waals surface area contributed by atoms with E-state index >= 15 is 0 Å². The highest BCUT2D eigenvalue weighted by Gasteiger charge is 2.16. The van der Waals surface area contributed by atoms with Crippen molar-refractivity contribution < 1.29 is 9.53 Å². The van der Waals surface area contributed by atoms with Gasteiger partial charge in [0.1, 0.15) is 5.60 Å². The highest BCUT2D eigenvalue weighted by atomic mass is 16.6. The molecule has 17 heavy (non-hydrogen) atoms. The minimum Gasteiger partial charge on any atom is -0.444 e. The predicted octanol–water partition coefficient (Wildman–Crippen LogP) is 3.47. The highest BCUT2D eigenvalue weighted by Crippen LogP contribution is 2.21. The molecule has 1 rings (SSSR count). The van der Waals surface area contributed by atoms with Crippen LogP contribution in [0.5, 0.6) is 0 Å². The monoisotopic (exact) mass is 236 g/mol. The highest BCUT2D eigenvalue weighted by molar-refractivity contribution is 5.89. The van der Waals surface area contributed by atoms with Crippen LogP contribution in [-0.2, 0) is 4.74 Å². The fourth-order valence-electron chi connectivity index (χ4n) is 1.35. The van der Waals surface area contributed by atoms with E-state index in [1.165, 1.54) is 0 Å². The summed E-state index contributed by atoms with van der Waals surface area (Å²) < 4.78 is 5.20. The summed E-state index contributed by atoms with van der Waals surface area (Å²) in [5, 5.41) is 5.90. The Labute approximate surface area is 102 Å². The molecule has 0 aliphatic heterocycles. The van der Waals surface area contributed by atoms with Crippen molar-refractivity contribution >= 4 is 17.5 Å². The molecule has 4 heteroatoms. The first-order valence-electron chi connectivity index (χ1n) is 5.75. The van der Waals surface area contributed by atoms with E-state index in [1.54, 1.807) is 0 Å². The van der Waals surface area contributed by atoms with Crippen LogP contribution < -0.4 is 10.6 Å². The Morgan fingerprint density at radius 2 is 1.82 bits per heavy atom. The van der Waals surface area contributed by atoms with Gasteiger partial charge in [-0.3, -0.25) is 5.32 Å². The van der Waals surface area contributed by atoms with Gasteiger partial charge in [-0.15, -0.1) is 0 Å². The van der Waals surface area contributed by atoms with E-state index in [1.807, 2.05) is 52.0 Å². The number of carbonyl (C=O) groups excluding carboxylic acids is 1. The van der Waals surface area contributed by atoms with Gasteiger partial charge in [0.15, 0.2) is 0 Å². The molecule has 1 aromatic rings. The lowest BCUT2D eigenvalue weighted by atomic mass is 10.2. The van der Waals surface area contributed by atoms with Crippen LogP contribution in [0.3, 0.4) is 0 Å². The Bertz CT molecular complexity index is 383. The molecule has 2 N–H and O–H groups in total. The Morgan fingerprint density at radius 1 is 1.24 bits per heavy atom. The first kappa shape index (κ1) is 13.4. The van der Waals surface area contributed by atoms with Gasteiger partial charge in [0.05, 0.1) is 11.4 Å². The van der Waals surface area contributed by atoms with Crippen LogP contribution in [0, 0.1) is 0 Å². The molecule has 1 aromatic carbocycles. The van der Waals surface area contributed by atoms with Crippen LogP contribution in [0.2, 0.25) is 0 Å². The van der Waals surface area contributed by atoms with E-state index in [4.69, 9.17) is 4.74 Å². The second kappa shape index (κ2) is 5.57. The average Bonchev–Trinajstić information content (AvgIpc) is 2.18. The third kappa shape index (κ3) is 4.76. The first-order valence-corrected chi connectivity index (χ1v) is 5.75. The SMILES string of the molecule is CCNc1ccccc1NC(=O)OC(C)(C)C. The lowest BCUT2D eigenvalue weighted by Gasteiger charge is -2.20. The maximum absolute atomic E-state index is 11.6. The van der Waals surface area contributed by atoms with Crippen molar-refractivity contribution in [2.24, 2.45) is 0 Å². The van der Waals surface area contributed by atoms with Crippen LogP contribution in [0.4, 0.5) is 16.2 Å². The molecule has 0 aromatic heterocycles. The molecule has 0 aliphatic carbocycles. The average molecular weight is 236 g/mol. The fourth-order valence-corrected chi connectivity index (χ4v) is 1.35. The van der Waals surface area contributed by atoms with Gasteiger partial charge in [-0.05, 0) is 39.8 Å². The number of ether oxygens (including phenoxy) is 1. The number of hydrogen-bond acceptors (Lipinski definition) is 3. The third-order valence-corrected chi connectivity index (χ3v) is 1.93. The molecule has 4 nitrogen and oxygen atoms in total. The second-order valence-electron chi connectivity index (χ2n) is 4.70. The van der Waals surface area contributed by atoms with E-state index in [-0.39, 0.29) is 0 Å². The smallest absolute Gasteiger partial charge is 0.412 e. The molecule has 0 bridgehead atoms. The van der Waals surface area contributed by atoms with Crippen LogP contribution in [-0.4, -0.2) is 18.2 Å². The number of para-hydroxylation sites is 2. The van der Waals surface area contributed by atoms with Crippen molar-refractivity contribution in [1.82, 2.24) is 0 Å². The largest absolute Gasteiger partial charge is 0.444 e. The summed E-state index contributed by atoms with van der Waals surface area (Å²) in [6.07, 6.45) is -0.442. The second-order valence-corrected chi connectivity index (χ2v) is 4.70. The van der Waals surface area contributed by atoms with Gasteiger partial charge in [0, 0.05) is 6.54 Å². The number of rotatable bonds is 3. The van der Waals surface area contributed by atoms with Crippen molar-refractivity contribution in [1.29, 1.82) is 0 Å². The lowest BCUT2D eigenvalue weighted by molar-refractivity contribution is 0.0636.